The number of carbonyl (C=O) groups is 1. The predicted molar refractivity (Wildman–Crippen MR) is 86.5 cm³/mol. The van der Waals surface area contributed by atoms with Gasteiger partial charge >= 0.3 is 6.03 Å². The Balaban J connectivity index is 1.74. The number of benzene rings is 1. The molecule has 5 heteroatoms. The van der Waals surface area contributed by atoms with E-state index in [2.05, 4.69) is 20.6 Å². The molecule has 0 aliphatic rings. The number of hydrogen-bond acceptors (Lipinski definition) is 3. The number of nitrogens with zero attached hydrogens (tertiary/aromatic N) is 2. The maximum atomic E-state index is 12.2. The molecule has 1 atom stereocenters. The number of carbonyl (C=O) groups excluding carboxylic acids is 1. The molecule has 0 bridgehead atoms. The summed E-state index contributed by atoms with van der Waals surface area (Å²) in [6, 6.07) is 12.9. The fraction of sp³-hybridized carbons (Fsp3) is 0.118. The van der Waals surface area contributed by atoms with Crippen LogP contribution in [0.4, 0.5) is 10.5 Å². The maximum Gasteiger partial charge on any atom is 0.319 e. The van der Waals surface area contributed by atoms with Gasteiger partial charge in [-0.25, -0.2) is 4.79 Å². The lowest BCUT2D eigenvalue weighted by Gasteiger charge is -2.15. The van der Waals surface area contributed by atoms with Crippen molar-refractivity contribution in [1.29, 1.82) is 0 Å². The summed E-state index contributed by atoms with van der Waals surface area (Å²) in [7, 11) is 0. The van der Waals surface area contributed by atoms with Crippen LogP contribution in [0.2, 0.25) is 0 Å². The molecule has 0 aliphatic heterocycles. The Hall–Kier alpha value is -2.95. The fourth-order valence-electron chi connectivity index (χ4n) is 2.28. The average Bonchev–Trinajstić information content (AvgIpc) is 2.56. The number of aromatic nitrogens is 2. The predicted octanol–water partition coefficient (Wildman–Crippen LogP) is 3.51. The van der Waals surface area contributed by atoms with E-state index in [1.807, 2.05) is 49.4 Å². The molecule has 0 fully saturated rings. The number of fused-ring (bicyclic) bond motifs is 1. The summed E-state index contributed by atoms with van der Waals surface area (Å²) in [5, 5.41) is 6.73. The topological polar surface area (TPSA) is 66.9 Å². The van der Waals surface area contributed by atoms with Gasteiger partial charge in [-0.05, 0) is 30.7 Å². The minimum Gasteiger partial charge on any atom is -0.331 e. The lowest BCUT2D eigenvalue weighted by Crippen LogP contribution is -2.31. The third-order valence-electron chi connectivity index (χ3n) is 3.41. The van der Waals surface area contributed by atoms with Crippen molar-refractivity contribution < 1.29 is 4.79 Å². The Morgan fingerprint density at radius 1 is 1.09 bits per heavy atom. The van der Waals surface area contributed by atoms with E-state index in [-0.39, 0.29) is 12.1 Å². The summed E-state index contributed by atoms with van der Waals surface area (Å²) in [5.74, 6) is 0. The van der Waals surface area contributed by atoms with Crippen molar-refractivity contribution in [3.05, 3.63) is 66.6 Å². The highest BCUT2D eigenvalue weighted by atomic mass is 16.2. The van der Waals surface area contributed by atoms with Crippen LogP contribution in [0.25, 0.3) is 10.9 Å². The highest BCUT2D eigenvalue weighted by Gasteiger charge is 2.11. The number of pyridine rings is 2. The van der Waals surface area contributed by atoms with Gasteiger partial charge in [-0.15, -0.1) is 0 Å². The summed E-state index contributed by atoms with van der Waals surface area (Å²) in [6.07, 6.45) is 5.16. The molecule has 0 saturated carbocycles. The molecule has 3 rings (SSSR count). The van der Waals surface area contributed by atoms with Gasteiger partial charge < -0.3 is 10.6 Å². The van der Waals surface area contributed by atoms with E-state index in [9.17, 15) is 4.79 Å². The van der Waals surface area contributed by atoms with Crippen molar-refractivity contribution in [3.8, 4) is 0 Å². The quantitative estimate of drug-likeness (QED) is 0.776. The molecule has 5 nitrogen and oxygen atoms in total. The largest absolute Gasteiger partial charge is 0.331 e. The second-order valence-corrected chi connectivity index (χ2v) is 4.99. The van der Waals surface area contributed by atoms with Gasteiger partial charge in [0.15, 0.2) is 0 Å². The smallest absolute Gasteiger partial charge is 0.319 e. The van der Waals surface area contributed by atoms with Crippen LogP contribution >= 0.6 is 0 Å². The summed E-state index contributed by atoms with van der Waals surface area (Å²) < 4.78 is 0. The van der Waals surface area contributed by atoms with Crippen LogP contribution in [-0.4, -0.2) is 16.0 Å². The number of rotatable bonds is 3. The van der Waals surface area contributed by atoms with Crippen LogP contribution in [0.3, 0.4) is 0 Å². The van der Waals surface area contributed by atoms with E-state index < -0.39 is 0 Å². The van der Waals surface area contributed by atoms with E-state index in [4.69, 9.17) is 0 Å². The maximum absolute atomic E-state index is 12.2. The van der Waals surface area contributed by atoms with Gasteiger partial charge in [-0.2, -0.15) is 0 Å². The monoisotopic (exact) mass is 292 g/mol. The first-order valence-corrected chi connectivity index (χ1v) is 7.05. The number of hydrogen-bond donors (Lipinski definition) is 2. The number of urea groups is 1. The molecular formula is C17H16N4O. The Morgan fingerprint density at radius 2 is 1.91 bits per heavy atom. The standard InChI is InChI=1S/C17H16N4O/c1-12(14-7-3-9-18-11-14)20-17(22)21-15-8-2-5-13-6-4-10-19-16(13)15/h2-12H,1H3,(H2,20,21,22)/t12-/m1/s1. The molecule has 3 aromatic rings. The minimum absolute atomic E-state index is 0.128. The van der Waals surface area contributed by atoms with E-state index >= 15 is 0 Å². The van der Waals surface area contributed by atoms with Crippen molar-refractivity contribution in [2.75, 3.05) is 5.32 Å². The molecule has 1 aromatic carbocycles. The second-order valence-electron chi connectivity index (χ2n) is 4.99. The molecule has 2 aromatic heterocycles. The van der Waals surface area contributed by atoms with Gasteiger partial charge in [0.2, 0.25) is 0 Å². The number of anilines is 1. The van der Waals surface area contributed by atoms with Crippen LogP contribution in [0.5, 0.6) is 0 Å². The fourth-order valence-corrected chi connectivity index (χ4v) is 2.28. The summed E-state index contributed by atoms with van der Waals surface area (Å²) in [5.41, 5.74) is 2.41. The molecular weight excluding hydrogens is 276 g/mol. The molecule has 22 heavy (non-hydrogen) atoms. The Bertz CT molecular complexity index is 784. The first kappa shape index (κ1) is 14.0. The SMILES string of the molecule is C[C@@H](NC(=O)Nc1cccc2cccnc12)c1cccnc1. The molecule has 0 radical (unpaired) electrons. The van der Waals surface area contributed by atoms with Crippen molar-refractivity contribution in [1.82, 2.24) is 15.3 Å². The van der Waals surface area contributed by atoms with Crippen molar-refractivity contribution in [2.45, 2.75) is 13.0 Å². The number of nitrogens with one attached hydrogen (secondary N) is 2. The van der Waals surface area contributed by atoms with E-state index in [0.29, 0.717) is 5.69 Å². The van der Waals surface area contributed by atoms with Crippen molar-refractivity contribution >= 4 is 22.6 Å². The van der Waals surface area contributed by atoms with E-state index in [1.54, 1.807) is 18.6 Å². The lowest BCUT2D eigenvalue weighted by molar-refractivity contribution is 0.249. The molecule has 2 amide bonds. The first-order chi connectivity index (χ1) is 10.7. The van der Waals surface area contributed by atoms with Crippen LogP contribution < -0.4 is 10.6 Å². The van der Waals surface area contributed by atoms with Crippen LogP contribution in [0.1, 0.15) is 18.5 Å². The van der Waals surface area contributed by atoms with Gasteiger partial charge in [0, 0.05) is 24.0 Å². The normalized spacial score (nSPS) is 11.9. The number of para-hydroxylation sites is 1. The number of amides is 2. The van der Waals surface area contributed by atoms with Gasteiger partial charge in [-0.3, -0.25) is 9.97 Å². The van der Waals surface area contributed by atoms with E-state index in [0.717, 1.165) is 16.5 Å². The lowest BCUT2D eigenvalue weighted by atomic mass is 10.1. The highest BCUT2D eigenvalue weighted by molar-refractivity contribution is 5.99. The van der Waals surface area contributed by atoms with Crippen LogP contribution in [-0.2, 0) is 0 Å². The molecule has 0 saturated heterocycles. The van der Waals surface area contributed by atoms with Gasteiger partial charge in [0.05, 0.1) is 17.2 Å². The molecule has 2 heterocycles. The molecule has 0 aliphatic carbocycles. The molecule has 2 N–H and O–H groups in total. The first-order valence-electron chi connectivity index (χ1n) is 7.05. The van der Waals surface area contributed by atoms with Gasteiger partial charge in [0.25, 0.3) is 0 Å². The molecule has 0 spiro atoms. The Labute approximate surface area is 128 Å². The van der Waals surface area contributed by atoms with Crippen LogP contribution in [0, 0.1) is 0 Å². The van der Waals surface area contributed by atoms with Gasteiger partial charge in [0.1, 0.15) is 0 Å². The second kappa shape index (κ2) is 6.22. The van der Waals surface area contributed by atoms with Gasteiger partial charge in [-0.1, -0.05) is 24.3 Å². The third kappa shape index (κ3) is 3.03. The zero-order valence-electron chi connectivity index (χ0n) is 12.2. The molecule has 0 unspecified atom stereocenters. The minimum atomic E-state index is -0.269. The highest BCUT2D eigenvalue weighted by Crippen LogP contribution is 2.20. The van der Waals surface area contributed by atoms with E-state index in [1.165, 1.54) is 0 Å². The summed E-state index contributed by atoms with van der Waals surface area (Å²) in [4.78, 5) is 20.5. The van der Waals surface area contributed by atoms with Crippen molar-refractivity contribution in [2.24, 2.45) is 0 Å². The van der Waals surface area contributed by atoms with Crippen LogP contribution in [0.15, 0.2) is 61.1 Å². The zero-order chi connectivity index (χ0) is 15.4. The summed E-state index contributed by atoms with van der Waals surface area (Å²) in [6.45, 7) is 1.91. The third-order valence-corrected chi connectivity index (χ3v) is 3.41. The zero-order valence-corrected chi connectivity index (χ0v) is 12.2. The average molecular weight is 292 g/mol. The Morgan fingerprint density at radius 3 is 2.73 bits per heavy atom. The molecule has 110 valence electrons. The van der Waals surface area contributed by atoms with Crippen molar-refractivity contribution in [3.63, 3.8) is 0 Å². The Kier molecular flexibility index (Phi) is 3.96. The summed E-state index contributed by atoms with van der Waals surface area (Å²) >= 11 is 0.